The average molecular weight is 1170 g/mol. The monoisotopic (exact) mass is 1170 g/mol. The number of allylic oxidation sites excluding steroid dienone is 3. The van der Waals surface area contributed by atoms with Gasteiger partial charge in [0.15, 0.2) is 0 Å². The quantitative estimate of drug-likeness (QED) is 0.0320. The van der Waals surface area contributed by atoms with Gasteiger partial charge in [-0.2, -0.15) is 0 Å². The molecule has 0 aliphatic rings. The maximum atomic E-state index is 12.5. The minimum absolute atomic E-state index is 0.0132. The van der Waals surface area contributed by atoms with Gasteiger partial charge in [0.25, 0.3) is 0 Å². The normalized spacial score (nSPS) is 12.6. The highest BCUT2D eigenvalue weighted by Gasteiger charge is 2.18. The molecule has 2 atom stereocenters. The molecule has 6 heteroatoms. The number of unbranched alkanes of at least 4 members (excludes halogenated alkanes) is 59. The van der Waals surface area contributed by atoms with Crippen molar-refractivity contribution in [1.82, 2.24) is 5.32 Å². The predicted octanol–water partition coefficient (Wildman–Crippen LogP) is 24.9. The number of rotatable bonds is 72. The predicted molar refractivity (Wildman–Crippen MR) is 366 cm³/mol. The summed E-state index contributed by atoms with van der Waals surface area (Å²) in [5.41, 5.74) is 0. The van der Waals surface area contributed by atoms with E-state index in [-0.39, 0.29) is 18.5 Å². The van der Waals surface area contributed by atoms with E-state index in [0.717, 1.165) is 44.9 Å². The highest BCUT2D eigenvalue weighted by atomic mass is 16.5. The number of nitrogens with one attached hydrogen (secondary N) is 1. The molecule has 0 fully saturated rings. The van der Waals surface area contributed by atoms with Gasteiger partial charge in [-0.25, -0.2) is 0 Å². The number of hydrogen-bond donors (Lipinski definition) is 3. The van der Waals surface area contributed by atoms with Crippen molar-refractivity contribution in [3.8, 4) is 0 Å². The molecule has 6 nitrogen and oxygen atoms in total. The lowest BCUT2D eigenvalue weighted by molar-refractivity contribution is -0.143. The van der Waals surface area contributed by atoms with Crippen molar-refractivity contribution in [3.05, 3.63) is 24.3 Å². The molecule has 3 N–H and O–H groups in total. The van der Waals surface area contributed by atoms with Gasteiger partial charge in [0.1, 0.15) is 0 Å². The van der Waals surface area contributed by atoms with Crippen LogP contribution in [0.4, 0.5) is 0 Å². The van der Waals surface area contributed by atoms with Crippen LogP contribution in [0.5, 0.6) is 0 Å². The Balaban J connectivity index is 3.38. The Labute approximate surface area is 520 Å². The molecule has 83 heavy (non-hydrogen) atoms. The fraction of sp³-hybridized carbons (Fsp3) is 0.922. The molecule has 0 aromatic rings. The second-order valence-electron chi connectivity index (χ2n) is 26.3. The van der Waals surface area contributed by atoms with Crippen molar-refractivity contribution in [2.24, 2.45) is 0 Å². The maximum Gasteiger partial charge on any atom is 0.305 e. The molecule has 0 heterocycles. The maximum absolute atomic E-state index is 12.5. The zero-order valence-corrected chi connectivity index (χ0v) is 56.5. The molecule has 2 unspecified atom stereocenters. The first kappa shape index (κ1) is 81.3. The summed E-state index contributed by atoms with van der Waals surface area (Å²) in [5, 5.41) is 23.3. The number of aliphatic hydroxyl groups is 2. The van der Waals surface area contributed by atoms with E-state index in [4.69, 9.17) is 4.74 Å². The largest absolute Gasteiger partial charge is 0.466 e. The van der Waals surface area contributed by atoms with Gasteiger partial charge in [0.05, 0.1) is 25.4 Å². The van der Waals surface area contributed by atoms with Crippen LogP contribution >= 0.6 is 0 Å². The Hall–Kier alpha value is -1.66. The number of amides is 1. The molecule has 0 aliphatic carbocycles. The molecule has 0 aromatic carbocycles. The summed E-state index contributed by atoms with van der Waals surface area (Å²) >= 11 is 0. The van der Waals surface area contributed by atoms with Crippen molar-refractivity contribution < 1.29 is 24.5 Å². The lowest BCUT2D eigenvalue weighted by Gasteiger charge is -2.20. The fourth-order valence-corrected chi connectivity index (χ4v) is 12.2. The minimum Gasteiger partial charge on any atom is -0.466 e. The second kappa shape index (κ2) is 72.8. The van der Waals surface area contributed by atoms with E-state index >= 15 is 0 Å². The SMILES string of the molecule is CCCCCCCCC/C=C\CCCCCCCCCC(=O)OCCCCCCCCCCCCCCCCCCCCCCCCCCC(=O)NC(CO)C(O)/C=C/CCCCCCCCCCCCCCCCCCCCCCCC. The zero-order chi connectivity index (χ0) is 59.9. The van der Waals surface area contributed by atoms with Crippen LogP contribution in [0, 0.1) is 0 Å². The summed E-state index contributed by atoms with van der Waals surface area (Å²) < 4.78 is 5.51. The number of hydrogen-bond acceptors (Lipinski definition) is 5. The summed E-state index contributed by atoms with van der Waals surface area (Å²) in [4.78, 5) is 24.7. The Morgan fingerprint density at radius 2 is 0.566 bits per heavy atom. The lowest BCUT2D eigenvalue weighted by Crippen LogP contribution is -2.45. The van der Waals surface area contributed by atoms with Crippen LogP contribution in [-0.2, 0) is 14.3 Å². The smallest absolute Gasteiger partial charge is 0.305 e. The number of esters is 1. The Morgan fingerprint density at radius 3 is 0.855 bits per heavy atom. The highest BCUT2D eigenvalue weighted by molar-refractivity contribution is 5.76. The Bertz CT molecular complexity index is 1300. The van der Waals surface area contributed by atoms with Gasteiger partial charge in [-0.05, 0) is 57.8 Å². The first-order valence-corrected chi connectivity index (χ1v) is 38.1. The third kappa shape index (κ3) is 69.3. The summed E-state index contributed by atoms with van der Waals surface area (Å²) in [6.07, 6.45) is 92.8. The Kier molecular flexibility index (Phi) is 71.4. The third-order valence-electron chi connectivity index (χ3n) is 18.0. The van der Waals surface area contributed by atoms with Crippen LogP contribution in [0.1, 0.15) is 431 Å². The number of aliphatic hydroxyl groups excluding tert-OH is 2. The van der Waals surface area contributed by atoms with Crippen molar-refractivity contribution >= 4 is 11.9 Å². The van der Waals surface area contributed by atoms with Crippen LogP contribution in [0.2, 0.25) is 0 Å². The standard InChI is InChI=1S/C77H149NO5/c1-3-5-7-9-11-13-15-17-19-21-23-24-25-28-31-34-37-41-45-49-53-57-61-65-69-75(80)74(73-79)78-76(81)70-66-62-58-54-50-46-42-38-35-32-29-26-27-30-33-36-40-44-48-52-56-60-64-68-72-83-77(82)71-67-63-59-55-51-47-43-39-22-20-18-16-14-12-10-8-6-4-2/h20,22,65,69,74-75,79-80H,3-19,21,23-64,66-68,70-73H2,1-2H3,(H,78,81)/b22-20-,69-65+. The molecular weight excluding hydrogens is 1020 g/mol. The summed E-state index contributed by atoms with van der Waals surface area (Å²) in [6, 6.07) is -0.628. The van der Waals surface area contributed by atoms with Crippen LogP contribution in [0.25, 0.3) is 0 Å². The Morgan fingerprint density at radius 1 is 0.325 bits per heavy atom. The molecular formula is C77H149NO5. The first-order valence-electron chi connectivity index (χ1n) is 38.1. The molecule has 0 aromatic heterocycles. The number of ether oxygens (including phenoxy) is 1. The molecule has 0 aliphatic heterocycles. The second-order valence-corrected chi connectivity index (χ2v) is 26.3. The third-order valence-corrected chi connectivity index (χ3v) is 18.0. The van der Waals surface area contributed by atoms with Crippen molar-refractivity contribution in [2.45, 2.75) is 443 Å². The van der Waals surface area contributed by atoms with Crippen LogP contribution in [0.15, 0.2) is 24.3 Å². The van der Waals surface area contributed by atoms with Gasteiger partial charge >= 0.3 is 5.97 Å². The van der Waals surface area contributed by atoms with Crippen molar-refractivity contribution in [1.29, 1.82) is 0 Å². The summed E-state index contributed by atoms with van der Waals surface area (Å²) in [6.45, 7) is 4.95. The lowest BCUT2D eigenvalue weighted by atomic mass is 10.0. The van der Waals surface area contributed by atoms with Gasteiger partial charge in [-0.3, -0.25) is 9.59 Å². The summed E-state index contributed by atoms with van der Waals surface area (Å²) in [5.74, 6) is -0.0486. The van der Waals surface area contributed by atoms with Gasteiger partial charge < -0.3 is 20.3 Å². The number of carbonyl (C=O) groups is 2. The van der Waals surface area contributed by atoms with E-state index in [1.807, 2.05) is 6.08 Å². The van der Waals surface area contributed by atoms with E-state index in [1.54, 1.807) is 6.08 Å². The highest BCUT2D eigenvalue weighted by Crippen LogP contribution is 2.19. The molecule has 0 saturated carbocycles. The van der Waals surface area contributed by atoms with Crippen LogP contribution < -0.4 is 5.32 Å². The van der Waals surface area contributed by atoms with Gasteiger partial charge in [-0.1, -0.05) is 385 Å². The minimum atomic E-state index is -0.845. The zero-order valence-electron chi connectivity index (χ0n) is 56.5. The molecule has 0 spiro atoms. The van der Waals surface area contributed by atoms with Gasteiger partial charge in [-0.15, -0.1) is 0 Å². The molecule has 0 radical (unpaired) electrons. The van der Waals surface area contributed by atoms with E-state index in [0.29, 0.717) is 19.4 Å². The molecule has 0 rings (SSSR count). The van der Waals surface area contributed by atoms with Gasteiger partial charge in [0, 0.05) is 12.8 Å². The van der Waals surface area contributed by atoms with E-state index < -0.39 is 12.1 Å². The van der Waals surface area contributed by atoms with Crippen molar-refractivity contribution in [3.63, 3.8) is 0 Å². The van der Waals surface area contributed by atoms with E-state index in [1.165, 1.54) is 360 Å². The number of carbonyl (C=O) groups excluding carboxylic acids is 2. The van der Waals surface area contributed by atoms with Crippen LogP contribution in [-0.4, -0.2) is 47.4 Å². The fourth-order valence-electron chi connectivity index (χ4n) is 12.2. The van der Waals surface area contributed by atoms with E-state index in [9.17, 15) is 19.8 Å². The summed E-state index contributed by atoms with van der Waals surface area (Å²) in [7, 11) is 0. The molecule has 0 bridgehead atoms. The van der Waals surface area contributed by atoms with Gasteiger partial charge in [0.2, 0.25) is 5.91 Å². The van der Waals surface area contributed by atoms with Crippen LogP contribution in [0.3, 0.4) is 0 Å². The first-order chi connectivity index (χ1) is 41.0. The van der Waals surface area contributed by atoms with Crippen molar-refractivity contribution in [2.75, 3.05) is 13.2 Å². The molecule has 492 valence electrons. The average Bonchev–Trinajstić information content (AvgIpc) is 3.49. The van der Waals surface area contributed by atoms with E-state index in [2.05, 4.69) is 31.3 Å². The molecule has 1 amide bonds. The molecule has 0 saturated heterocycles. The topological polar surface area (TPSA) is 95.9 Å².